The first kappa shape index (κ1) is 17.0. The summed E-state index contributed by atoms with van der Waals surface area (Å²) in [5, 5.41) is 0. The van der Waals surface area contributed by atoms with Gasteiger partial charge >= 0.3 is 5.97 Å². The first-order valence-corrected chi connectivity index (χ1v) is 8.20. The Morgan fingerprint density at radius 1 is 1.04 bits per heavy atom. The maximum atomic E-state index is 12.4. The highest BCUT2D eigenvalue weighted by molar-refractivity contribution is 5.99. The molecular weight excluding hydrogens is 318 g/mol. The Hall–Kier alpha value is -2.82. The molecule has 0 unspecified atom stereocenters. The molecule has 1 fully saturated rings. The number of amides is 1. The summed E-state index contributed by atoms with van der Waals surface area (Å²) in [6.45, 7) is 4.33. The van der Waals surface area contributed by atoms with Crippen LogP contribution in [-0.2, 0) is 9.59 Å². The molecule has 1 aliphatic heterocycles. The zero-order valence-corrected chi connectivity index (χ0v) is 14.6. The van der Waals surface area contributed by atoms with Crippen molar-refractivity contribution in [3.05, 3.63) is 53.6 Å². The van der Waals surface area contributed by atoms with Crippen molar-refractivity contribution in [2.45, 2.75) is 20.3 Å². The summed E-state index contributed by atoms with van der Waals surface area (Å²) in [7, 11) is 1.58. The van der Waals surface area contributed by atoms with Crippen molar-refractivity contribution in [3.8, 4) is 11.5 Å². The van der Waals surface area contributed by atoms with Gasteiger partial charge in [-0.2, -0.15) is 0 Å². The number of benzene rings is 2. The molecule has 1 heterocycles. The third-order valence-corrected chi connectivity index (χ3v) is 4.25. The second kappa shape index (κ2) is 6.97. The summed E-state index contributed by atoms with van der Waals surface area (Å²) >= 11 is 0. The monoisotopic (exact) mass is 339 g/mol. The quantitative estimate of drug-likeness (QED) is 0.634. The summed E-state index contributed by atoms with van der Waals surface area (Å²) in [5.41, 5.74) is 3.02. The highest BCUT2D eigenvalue weighted by Gasteiger charge is 2.36. The maximum absolute atomic E-state index is 12.4. The lowest BCUT2D eigenvalue weighted by Crippen LogP contribution is -2.27. The number of ether oxygens (including phenoxy) is 2. The van der Waals surface area contributed by atoms with Gasteiger partial charge in [-0.1, -0.05) is 6.07 Å². The summed E-state index contributed by atoms with van der Waals surface area (Å²) in [6, 6.07) is 12.8. The molecule has 1 aliphatic rings. The van der Waals surface area contributed by atoms with Crippen LogP contribution in [0.1, 0.15) is 17.5 Å². The topological polar surface area (TPSA) is 55.8 Å². The minimum absolute atomic E-state index is 0.0540. The van der Waals surface area contributed by atoms with E-state index in [1.165, 1.54) is 0 Å². The average Bonchev–Trinajstić information content (AvgIpc) is 2.97. The lowest BCUT2D eigenvalue weighted by molar-refractivity contribution is -0.139. The normalized spacial score (nSPS) is 16.8. The Morgan fingerprint density at radius 2 is 1.64 bits per heavy atom. The third-order valence-electron chi connectivity index (χ3n) is 4.25. The van der Waals surface area contributed by atoms with Gasteiger partial charge in [0.25, 0.3) is 0 Å². The van der Waals surface area contributed by atoms with Gasteiger partial charge in [0.05, 0.1) is 13.0 Å². The second-order valence-corrected chi connectivity index (χ2v) is 6.35. The molecule has 130 valence electrons. The molecule has 1 atom stereocenters. The van der Waals surface area contributed by atoms with Crippen molar-refractivity contribution in [1.82, 2.24) is 0 Å². The number of hydrogen-bond donors (Lipinski definition) is 0. The van der Waals surface area contributed by atoms with Crippen LogP contribution in [-0.4, -0.2) is 25.5 Å². The molecule has 2 aromatic carbocycles. The molecule has 0 aliphatic carbocycles. The van der Waals surface area contributed by atoms with Gasteiger partial charge < -0.3 is 14.4 Å². The first-order chi connectivity index (χ1) is 12.0. The second-order valence-electron chi connectivity index (χ2n) is 6.35. The van der Waals surface area contributed by atoms with Gasteiger partial charge in [-0.3, -0.25) is 9.59 Å². The molecular formula is C20H21NO4. The fourth-order valence-corrected chi connectivity index (χ4v) is 3.06. The Morgan fingerprint density at radius 3 is 2.24 bits per heavy atom. The van der Waals surface area contributed by atoms with E-state index in [0.29, 0.717) is 18.0 Å². The van der Waals surface area contributed by atoms with Gasteiger partial charge in [0.15, 0.2) is 0 Å². The first-order valence-electron chi connectivity index (χ1n) is 8.20. The van der Waals surface area contributed by atoms with Gasteiger partial charge in [0.2, 0.25) is 5.91 Å². The van der Waals surface area contributed by atoms with Crippen molar-refractivity contribution in [1.29, 1.82) is 0 Å². The van der Waals surface area contributed by atoms with Crippen LogP contribution in [0, 0.1) is 19.8 Å². The van der Waals surface area contributed by atoms with Gasteiger partial charge in [-0.15, -0.1) is 0 Å². The molecule has 0 radical (unpaired) electrons. The number of aryl methyl sites for hydroxylation is 2. The molecule has 2 aromatic rings. The smallest absolute Gasteiger partial charge is 0.316 e. The van der Waals surface area contributed by atoms with Crippen molar-refractivity contribution in [2.75, 3.05) is 18.6 Å². The van der Waals surface area contributed by atoms with Gasteiger partial charge in [-0.25, -0.2) is 0 Å². The fraction of sp³-hybridized carbons (Fsp3) is 0.300. The third kappa shape index (κ3) is 3.82. The number of carbonyl (C=O) groups is 2. The number of hydrogen-bond acceptors (Lipinski definition) is 4. The summed E-state index contributed by atoms with van der Waals surface area (Å²) in [6.07, 6.45) is 0.169. The van der Waals surface area contributed by atoms with Crippen LogP contribution in [0.25, 0.3) is 0 Å². The summed E-state index contributed by atoms with van der Waals surface area (Å²) in [5.74, 6) is 0.238. The molecule has 25 heavy (non-hydrogen) atoms. The lowest BCUT2D eigenvalue weighted by Gasteiger charge is -2.18. The van der Waals surface area contributed by atoms with Crippen molar-refractivity contribution in [2.24, 2.45) is 5.92 Å². The van der Waals surface area contributed by atoms with E-state index in [-0.39, 0.29) is 18.3 Å². The van der Waals surface area contributed by atoms with Crippen molar-refractivity contribution in [3.63, 3.8) is 0 Å². The van der Waals surface area contributed by atoms with Gasteiger partial charge in [0, 0.05) is 18.7 Å². The number of methoxy groups -OCH3 is 1. The Kier molecular flexibility index (Phi) is 4.74. The van der Waals surface area contributed by atoms with Gasteiger partial charge in [0.1, 0.15) is 11.5 Å². The molecule has 0 N–H and O–H groups in total. The lowest BCUT2D eigenvalue weighted by atomic mass is 10.1. The zero-order valence-electron chi connectivity index (χ0n) is 14.6. The minimum Gasteiger partial charge on any atom is -0.497 e. The van der Waals surface area contributed by atoms with Crippen LogP contribution in [0.2, 0.25) is 0 Å². The van der Waals surface area contributed by atoms with E-state index in [4.69, 9.17) is 9.47 Å². The zero-order chi connectivity index (χ0) is 18.0. The van der Waals surface area contributed by atoms with E-state index in [1.54, 1.807) is 36.3 Å². The predicted molar refractivity (Wildman–Crippen MR) is 95.0 cm³/mol. The highest BCUT2D eigenvalue weighted by Crippen LogP contribution is 2.28. The molecule has 1 amide bonds. The van der Waals surface area contributed by atoms with E-state index in [0.717, 1.165) is 16.8 Å². The number of nitrogens with zero attached hydrogens (tertiary/aromatic N) is 1. The molecule has 0 spiro atoms. The molecule has 5 heteroatoms. The largest absolute Gasteiger partial charge is 0.497 e. The van der Waals surface area contributed by atoms with E-state index in [2.05, 4.69) is 6.07 Å². The maximum Gasteiger partial charge on any atom is 0.316 e. The molecule has 0 bridgehead atoms. The average molecular weight is 339 g/mol. The Labute approximate surface area is 147 Å². The van der Waals surface area contributed by atoms with Gasteiger partial charge in [-0.05, 0) is 61.4 Å². The predicted octanol–water partition coefficient (Wildman–Crippen LogP) is 3.27. The van der Waals surface area contributed by atoms with E-state index in [1.807, 2.05) is 26.0 Å². The molecule has 1 saturated heterocycles. The van der Waals surface area contributed by atoms with Crippen LogP contribution in [0.5, 0.6) is 11.5 Å². The number of rotatable bonds is 4. The molecule has 5 nitrogen and oxygen atoms in total. The van der Waals surface area contributed by atoms with E-state index >= 15 is 0 Å². The molecule has 3 rings (SSSR count). The van der Waals surface area contributed by atoms with Crippen molar-refractivity contribution < 1.29 is 19.1 Å². The van der Waals surface area contributed by atoms with Crippen LogP contribution in [0.15, 0.2) is 42.5 Å². The van der Waals surface area contributed by atoms with E-state index < -0.39 is 5.92 Å². The SMILES string of the molecule is COc1ccc(OC(=O)[C@H]2CC(=O)N(c3cc(C)cc(C)c3)C2)cc1. The molecule has 0 saturated carbocycles. The van der Waals surface area contributed by atoms with Crippen LogP contribution in [0.3, 0.4) is 0 Å². The Balaban J connectivity index is 1.69. The van der Waals surface area contributed by atoms with Crippen molar-refractivity contribution >= 4 is 17.6 Å². The number of esters is 1. The minimum atomic E-state index is -0.463. The van der Waals surface area contributed by atoms with Crippen LogP contribution < -0.4 is 14.4 Å². The molecule has 0 aromatic heterocycles. The van der Waals surface area contributed by atoms with Crippen LogP contribution in [0.4, 0.5) is 5.69 Å². The Bertz CT molecular complexity index is 778. The fourth-order valence-electron chi connectivity index (χ4n) is 3.06. The highest BCUT2D eigenvalue weighted by atomic mass is 16.5. The van der Waals surface area contributed by atoms with E-state index in [9.17, 15) is 9.59 Å². The number of carbonyl (C=O) groups excluding carboxylic acids is 2. The number of anilines is 1. The van der Waals surface area contributed by atoms with Crippen LogP contribution >= 0.6 is 0 Å². The summed E-state index contributed by atoms with van der Waals surface area (Å²) < 4.78 is 10.5. The standard InChI is InChI=1S/C20H21NO4/c1-13-8-14(2)10-16(9-13)21-12-15(11-19(21)22)20(23)25-18-6-4-17(24-3)5-7-18/h4-10,15H,11-12H2,1-3H3/t15-/m0/s1. The summed E-state index contributed by atoms with van der Waals surface area (Å²) in [4.78, 5) is 26.4.